The van der Waals surface area contributed by atoms with Crippen LogP contribution < -0.4 is 5.32 Å². The molecule has 0 spiro atoms. The van der Waals surface area contributed by atoms with E-state index in [-0.39, 0.29) is 0 Å². The normalized spacial score (nSPS) is 11.3. The molecule has 4 rings (SSSR count). The Morgan fingerprint density at radius 3 is 3.00 bits per heavy atom. The maximum absolute atomic E-state index is 4.40. The van der Waals surface area contributed by atoms with Gasteiger partial charge in [-0.15, -0.1) is 0 Å². The van der Waals surface area contributed by atoms with Crippen LogP contribution in [0.1, 0.15) is 5.69 Å². The van der Waals surface area contributed by atoms with E-state index in [4.69, 9.17) is 0 Å². The van der Waals surface area contributed by atoms with Gasteiger partial charge in [-0.05, 0) is 0 Å². The van der Waals surface area contributed by atoms with Crippen LogP contribution in [-0.2, 0) is 6.42 Å². The molecular weight excluding hydrogens is 335 g/mol. The van der Waals surface area contributed by atoms with Crippen molar-refractivity contribution in [2.45, 2.75) is 6.42 Å². The predicted octanol–water partition coefficient (Wildman–Crippen LogP) is 1.91. The molecule has 0 aromatic carbocycles. The quantitative estimate of drug-likeness (QED) is 0.581. The molecule has 4 aromatic rings. The fraction of sp³-hybridized carbons (Fsp3) is 0.200. The Bertz CT molecular complexity index is 558. The summed E-state index contributed by atoms with van der Waals surface area (Å²) in [6.07, 6.45) is 2.80. The molecule has 82 valence electrons. The molecule has 0 aliphatic heterocycles. The number of rotatable bonds is 4. The number of aryl methyl sites for hydroxylation is 1. The second-order valence-electron chi connectivity index (χ2n) is 3.37. The van der Waals surface area contributed by atoms with Gasteiger partial charge >= 0.3 is 107 Å². The molecule has 4 heterocycles. The molecule has 6 heteroatoms. The summed E-state index contributed by atoms with van der Waals surface area (Å²) in [4.78, 5) is 4.27. The van der Waals surface area contributed by atoms with Crippen molar-refractivity contribution in [3.63, 3.8) is 0 Å². The van der Waals surface area contributed by atoms with Crippen LogP contribution in [0.5, 0.6) is 0 Å². The zero-order chi connectivity index (χ0) is 11.0. The summed E-state index contributed by atoms with van der Waals surface area (Å²) >= 11 is 3.87. The third kappa shape index (κ3) is 1.67. The van der Waals surface area contributed by atoms with Crippen LogP contribution in [0.25, 0.3) is 4.39 Å². The molecule has 0 radical (unpaired) electrons. The van der Waals surface area contributed by atoms with E-state index >= 15 is 0 Å². The van der Waals surface area contributed by atoms with E-state index in [1.807, 2.05) is 18.2 Å². The molecule has 4 nitrogen and oxygen atoms in total. The van der Waals surface area contributed by atoms with Crippen molar-refractivity contribution in [1.29, 1.82) is 0 Å². The zero-order valence-corrected chi connectivity index (χ0v) is 11.7. The molecule has 0 saturated heterocycles. The Labute approximate surface area is 107 Å². The molecule has 16 heavy (non-hydrogen) atoms. The third-order valence-corrected chi connectivity index (χ3v) is 4.69. The average molecular weight is 344 g/mol. The fourth-order valence-corrected chi connectivity index (χ4v) is 3.75. The van der Waals surface area contributed by atoms with Crippen molar-refractivity contribution in [2.24, 2.45) is 0 Å². The zero-order valence-electron chi connectivity index (χ0n) is 8.35. The molecule has 0 atom stereocenters. The van der Waals surface area contributed by atoms with E-state index in [0.29, 0.717) is 14.7 Å². The van der Waals surface area contributed by atoms with Gasteiger partial charge in [-0.1, -0.05) is 0 Å². The van der Waals surface area contributed by atoms with Crippen LogP contribution in [0.4, 0.5) is 11.5 Å². The average Bonchev–Trinajstić information content (AvgIpc) is 2.72. The van der Waals surface area contributed by atoms with E-state index in [0.717, 1.165) is 23.3 Å². The molecule has 0 aliphatic rings. The van der Waals surface area contributed by atoms with Gasteiger partial charge in [0.2, 0.25) is 0 Å². The van der Waals surface area contributed by atoms with E-state index in [2.05, 4.69) is 34.8 Å². The van der Waals surface area contributed by atoms with Gasteiger partial charge in [-0.3, -0.25) is 0 Å². The van der Waals surface area contributed by atoms with Gasteiger partial charge in [0, 0.05) is 0 Å². The first-order valence-corrected chi connectivity index (χ1v) is 7.67. The van der Waals surface area contributed by atoms with Crippen molar-refractivity contribution in [3.8, 4) is 0 Å². The molecule has 0 amide bonds. The number of halogens is 1. The summed E-state index contributed by atoms with van der Waals surface area (Å²) in [6, 6.07) is 5.86. The number of hydrogen-bond acceptors (Lipinski definition) is 3. The first-order valence-electron chi connectivity index (χ1n) is 4.93. The number of nitrogens with one attached hydrogen (secondary N) is 1. The van der Waals surface area contributed by atoms with E-state index in [1.165, 1.54) is 10.1 Å². The standard InChI is InChI=1S/C10H9BrN4Se/c11-5-4-7-9(10-14-15(7)16-10)13-8-3-1-2-6-12-8/h1-3,6H,4-5H2,(H,12,13). The third-order valence-electron chi connectivity index (χ3n) is 2.34. The molecule has 0 unspecified atom stereocenters. The molecule has 2 bridgehead atoms. The van der Waals surface area contributed by atoms with Crippen LogP contribution in [0.3, 0.4) is 0 Å². The van der Waals surface area contributed by atoms with Gasteiger partial charge in [0.15, 0.2) is 0 Å². The topological polar surface area (TPSA) is 42.2 Å². The van der Waals surface area contributed by atoms with Crippen LogP contribution in [0, 0.1) is 0 Å². The molecule has 0 aliphatic carbocycles. The first-order chi connectivity index (χ1) is 7.88. The van der Waals surface area contributed by atoms with Crippen LogP contribution in [0.15, 0.2) is 24.4 Å². The Kier molecular flexibility index (Phi) is 2.71. The number of fused-ring (bicyclic) bond motifs is 1. The van der Waals surface area contributed by atoms with Crippen LogP contribution in [-0.4, -0.2) is 33.7 Å². The number of aromatic nitrogens is 3. The molecule has 4 aromatic heterocycles. The number of anilines is 2. The number of alkyl halides is 1. The van der Waals surface area contributed by atoms with Gasteiger partial charge in [0.1, 0.15) is 0 Å². The Balaban J connectivity index is 1.91. The number of nitrogens with zero attached hydrogens (tertiary/aromatic N) is 3. The van der Waals surface area contributed by atoms with Crippen molar-refractivity contribution in [2.75, 3.05) is 10.6 Å². The fourth-order valence-electron chi connectivity index (χ4n) is 1.60. The predicted molar refractivity (Wildman–Crippen MR) is 68.3 cm³/mol. The van der Waals surface area contributed by atoms with Crippen molar-refractivity contribution in [3.05, 3.63) is 30.1 Å². The number of pyridine rings is 1. The van der Waals surface area contributed by atoms with Crippen molar-refractivity contribution in [1.82, 2.24) is 13.6 Å². The molecule has 1 N–H and O–H groups in total. The van der Waals surface area contributed by atoms with Gasteiger partial charge in [0.25, 0.3) is 0 Å². The second kappa shape index (κ2) is 4.20. The Morgan fingerprint density at radius 2 is 2.31 bits per heavy atom. The summed E-state index contributed by atoms with van der Waals surface area (Å²) in [7, 11) is 0. The maximum atomic E-state index is 4.40. The van der Waals surface area contributed by atoms with E-state index in [1.54, 1.807) is 6.20 Å². The Morgan fingerprint density at radius 1 is 1.44 bits per heavy atom. The summed E-state index contributed by atoms with van der Waals surface area (Å²) < 4.78 is 3.31. The summed E-state index contributed by atoms with van der Waals surface area (Å²) in [5.41, 5.74) is 2.45. The van der Waals surface area contributed by atoms with E-state index < -0.39 is 0 Å². The summed E-state index contributed by atoms with van der Waals surface area (Å²) in [5, 5.41) is 8.73. The van der Waals surface area contributed by atoms with Gasteiger partial charge < -0.3 is 0 Å². The molecule has 0 fully saturated rings. The minimum atomic E-state index is 0.397. The van der Waals surface area contributed by atoms with Crippen molar-refractivity contribution >= 4 is 46.6 Å². The molecule has 0 saturated carbocycles. The summed E-state index contributed by atoms with van der Waals surface area (Å²) in [5.74, 6) is 0.886. The van der Waals surface area contributed by atoms with Gasteiger partial charge in [-0.25, -0.2) is 0 Å². The van der Waals surface area contributed by atoms with Gasteiger partial charge in [-0.2, -0.15) is 0 Å². The monoisotopic (exact) mass is 344 g/mol. The number of hydrogen-bond donors (Lipinski definition) is 1. The van der Waals surface area contributed by atoms with Gasteiger partial charge in [0.05, 0.1) is 0 Å². The second-order valence-corrected chi connectivity index (χ2v) is 6.08. The van der Waals surface area contributed by atoms with Crippen LogP contribution >= 0.6 is 15.9 Å². The molecular formula is C10H9BrN4Se. The SMILES string of the molecule is BrCCc1c(Nc2ccccn2)c2nn1[se]2. The Hall–Kier alpha value is -0.841. The summed E-state index contributed by atoms with van der Waals surface area (Å²) in [6.45, 7) is 0. The van der Waals surface area contributed by atoms with E-state index in [9.17, 15) is 0 Å². The van der Waals surface area contributed by atoms with Crippen molar-refractivity contribution < 1.29 is 0 Å². The minimum absolute atomic E-state index is 0.397. The first kappa shape index (κ1) is 10.3. The van der Waals surface area contributed by atoms with Crippen LogP contribution in [0.2, 0.25) is 0 Å².